The molecule has 4 aromatic carbocycles. The fraction of sp³-hybridized carbons (Fsp3) is 0.310. The molecule has 0 aliphatic rings. The number of alkyl halides is 6. The smallest absolute Gasteiger partial charge is 1.00 e. The van der Waals surface area contributed by atoms with Crippen molar-refractivity contribution in [2.45, 2.75) is 141 Å². The van der Waals surface area contributed by atoms with E-state index in [4.69, 9.17) is 59.1 Å². The predicted molar refractivity (Wildman–Crippen MR) is 347 cm³/mol. The van der Waals surface area contributed by atoms with Crippen LogP contribution in [0.15, 0.2) is 219 Å². The number of hydrogen-bond donors (Lipinski definition) is 1. The Labute approximate surface area is 644 Å². The number of carbonyl (C=O) groups is 5. The van der Waals surface area contributed by atoms with Crippen LogP contribution in [0.1, 0.15) is 152 Å². The number of carbonyl (C=O) groups excluding carboxylic acids is 4. The molecule has 11 nitrogen and oxygen atoms in total. The molecule has 4 aromatic rings. The first kappa shape index (κ1) is 90.4. The molecular formula is C71H79Cl3F6K2O11. The number of halogens is 9. The van der Waals surface area contributed by atoms with Crippen LogP contribution >= 0.6 is 34.8 Å². The summed E-state index contributed by atoms with van der Waals surface area (Å²) in [6.07, 6.45) is 43.8. The molecule has 1 N–H and O–H groups in total. The molecule has 0 aliphatic carbocycles. The van der Waals surface area contributed by atoms with Gasteiger partial charge in [-0.1, -0.05) is 195 Å². The van der Waals surface area contributed by atoms with E-state index in [1.165, 1.54) is 66.7 Å². The summed E-state index contributed by atoms with van der Waals surface area (Å²) in [5.74, 6) is -3.47. The third-order valence-corrected chi connectivity index (χ3v) is 12.4. The molecule has 0 radical (unpaired) electrons. The van der Waals surface area contributed by atoms with Crippen LogP contribution in [0.25, 0.3) is 0 Å². The van der Waals surface area contributed by atoms with Gasteiger partial charge in [0, 0.05) is 34.0 Å². The Morgan fingerprint density at radius 2 is 0.817 bits per heavy atom. The van der Waals surface area contributed by atoms with E-state index in [1.807, 2.05) is 12.2 Å². The summed E-state index contributed by atoms with van der Waals surface area (Å²) in [5.41, 5.74) is -1.29. The molecule has 0 aliphatic heterocycles. The van der Waals surface area contributed by atoms with Gasteiger partial charge in [0.05, 0.1) is 11.1 Å². The summed E-state index contributed by atoms with van der Waals surface area (Å²) in [6, 6.07) is 20.0. The second-order valence-corrected chi connectivity index (χ2v) is 20.3. The Morgan fingerprint density at radius 3 is 1.13 bits per heavy atom. The Balaban J connectivity index is -0.00000137. The number of benzene rings is 4. The summed E-state index contributed by atoms with van der Waals surface area (Å²) in [7, 11) is 0. The van der Waals surface area contributed by atoms with Crippen LogP contribution in [-0.2, 0) is 45.9 Å². The molecule has 0 aromatic heterocycles. The Bertz CT molecular complexity index is 3040. The zero-order valence-electron chi connectivity index (χ0n) is 53.8. The van der Waals surface area contributed by atoms with Crippen molar-refractivity contribution in [2.75, 3.05) is 0 Å². The molecule has 0 saturated carbocycles. The van der Waals surface area contributed by atoms with Crippen LogP contribution in [0.5, 0.6) is 11.5 Å². The third-order valence-electron chi connectivity index (χ3n) is 11.7. The van der Waals surface area contributed by atoms with Crippen molar-refractivity contribution in [1.29, 1.82) is 0 Å². The van der Waals surface area contributed by atoms with Crippen molar-refractivity contribution >= 4 is 64.4 Å². The molecule has 0 spiro atoms. The van der Waals surface area contributed by atoms with Crippen molar-refractivity contribution in [1.82, 2.24) is 0 Å². The van der Waals surface area contributed by atoms with Gasteiger partial charge in [-0.2, -0.15) is 26.3 Å². The van der Waals surface area contributed by atoms with Crippen LogP contribution in [-0.4, -0.2) is 34.7 Å². The summed E-state index contributed by atoms with van der Waals surface area (Å²) in [4.78, 5) is 58.2. The maximum absolute atomic E-state index is 13.1. The minimum Gasteiger partial charge on any atom is -1.00 e. The molecule has 93 heavy (non-hydrogen) atoms. The van der Waals surface area contributed by atoms with Gasteiger partial charge in [-0.3, -0.25) is 14.4 Å². The number of esters is 2. The molecule has 0 amide bonds. The van der Waals surface area contributed by atoms with Crippen molar-refractivity contribution in [3.8, 4) is 11.5 Å². The molecular weight excluding hydrogens is 1330 g/mol. The first-order valence-electron chi connectivity index (χ1n) is 29.2. The first-order chi connectivity index (χ1) is 43.7. The fourth-order valence-electron chi connectivity index (χ4n) is 7.23. The largest absolute Gasteiger partial charge is 1.00 e. The van der Waals surface area contributed by atoms with E-state index < -0.39 is 53.6 Å². The second-order valence-electron chi connectivity index (χ2n) is 19.0. The van der Waals surface area contributed by atoms with Crippen molar-refractivity contribution in [2.24, 2.45) is 0 Å². The van der Waals surface area contributed by atoms with E-state index in [2.05, 4.69) is 128 Å². The molecule has 2 atom stereocenters. The van der Waals surface area contributed by atoms with E-state index >= 15 is 0 Å². The third kappa shape index (κ3) is 48.6. The van der Waals surface area contributed by atoms with Gasteiger partial charge in [-0.15, -0.1) is 0 Å². The molecule has 0 unspecified atom stereocenters. The maximum atomic E-state index is 13.1. The summed E-state index contributed by atoms with van der Waals surface area (Å²) >= 11 is 16.9. The topological polar surface area (TPSA) is 166 Å². The summed E-state index contributed by atoms with van der Waals surface area (Å²) in [5, 5.41) is 18.2. The standard InChI is InChI=1S/C35H38ClF3O4.C20H29ClO.C15H10ClF3O3.CH2O3.2K.H/c1-2-3-4-5-6-7-8-9-10-11-12-13-14-15-16-17-18-22-32(40)43-34(41)33(28-23-25-30(36)26-24-28)42-31-21-19-20-29(27-31)35(37,38)39;1-2-3-4-5-6-7-8-9-10-11-12-13-14-15-16-17-18-19-20(21)22;16-11-6-4-9(5-7-11)13(14(20)21)22-12-3-1-2-10(8-12)15(17,18)19;2-1-4-3;;;/h3-4,6-7,9-10,12-13,15-16,19-21,23-27,33H,2,5,8,11,14,17-18,22H2,1H3;3-4,6-7,9-10,12-13,15-16H,2,5,8,11,14,17-19H2,1H3;1-8,13H,(H,20,21);1,3H;;;/q;;;;2*+1;-1/p-1/b2*4-3-,7-6-,10-9-,13-12-,16-15-;;;;;/t33-;;13-;;;;/m1.1..../s1. The van der Waals surface area contributed by atoms with Gasteiger partial charge >= 0.3 is 133 Å². The average Bonchev–Trinajstić information content (AvgIpc) is 0.849. The van der Waals surface area contributed by atoms with Gasteiger partial charge < -0.3 is 30.9 Å². The van der Waals surface area contributed by atoms with E-state index in [1.54, 1.807) is 0 Å². The van der Waals surface area contributed by atoms with Gasteiger partial charge in [-0.25, -0.2) is 9.59 Å². The molecule has 4 rings (SSSR count). The molecule has 22 heteroatoms. The van der Waals surface area contributed by atoms with Gasteiger partial charge in [-0.05, 0) is 162 Å². The molecule has 0 saturated heterocycles. The minimum atomic E-state index is -4.59. The normalized spacial score (nSPS) is 12.3. The van der Waals surface area contributed by atoms with Crippen molar-refractivity contribution < 1.29 is 184 Å². The maximum Gasteiger partial charge on any atom is 1.00 e. The molecule has 0 bridgehead atoms. The minimum absolute atomic E-state index is 0. The fourth-order valence-corrected chi connectivity index (χ4v) is 7.61. The van der Waals surface area contributed by atoms with Crippen LogP contribution in [0.4, 0.5) is 26.3 Å². The van der Waals surface area contributed by atoms with Crippen LogP contribution in [0.2, 0.25) is 10.0 Å². The Hall–Kier alpha value is -4.69. The Kier molecular flexibility index (Phi) is 55.9. The number of unbranched alkanes of at least 4 members (excludes halogenated alkanes) is 2. The van der Waals surface area contributed by atoms with Crippen LogP contribution in [0, 0.1) is 0 Å². The molecule has 0 heterocycles. The van der Waals surface area contributed by atoms with Gasteiger partial charge in [0.15, 0.2) is 0 Å². The predicted octanol–water partition coefficient (Wildman–Crippen LogP) is 14.3. The average molecular weight is 1410 g/mol. The first-order valence-corrected chi connectivity index (χ1v) is 30.4. The van der Waals surface area contributed by atoms with Gasteiger partial charge in [0.1, 0.15) is 11.5 Å². The summed E-state index contributed by atoms with van der Waals surface area (Å²) < 4.78 is 93.1. The number of aliphatic carboxylic acids is 1. The zero-order chi connectivity index (χ0) is 67.4. The van der Waals surface area contributed by atoms with Gasteiger partial charge in [0.25, 0.3) is 6.47 Å². The quantitative estimate of drug-likeness (QED) is 0.00445. The van der Waals surface area contributed by atoms with Crippen molar-refractivity contribution in [3.63, 3.8) is 0 Å². The Morgan fingerprint density at radius 1 is 0.505 bits per heavy atom. The number of carboxylic acids is 1. The molecule has 0 fully saturated rings. The second kappa shape index (κ2) is 57.6. The molecule has 494 valence electrons. The van der Waals surface area contributed by atoms with Crippen molar-refractivity contribution in [3.05, 3.63) is 251 Å². The number of allylic oxidation sites excluding steroid dienone is 20. The monoisotopic (exact) mass is 1400 g/mol. The van der Waals surface area contributed by atoms with E-state index in [0.29, 0.717) is 29.3 Å². The van der Waals surface area contributed by atoms with Gasteiger partial charge in [0.2, 0.25) is 17.5 Å². The van der Waals surface area contributed by atoms with E-state index in [9.17, 15) is 50.6 Å². The number of rotatable bonds is 35. The number of ether oxygens (including phenoxy) is 3. The summed E-state index contributed by atoms with van der Waals surface area (Å²) in [6.45, 7) is 4.09. The van der Waals surface area contributed by atoms with Crippen LogP contribution in [0.3, 0.4) is 0 Å². The van der Waals surface area contributed by atoms with Crippen LogP contribution < -0.4 is 118 Å². The number of carboxylic acid groups (broad SMARTS) is 1. The van der Waals surface area contributed by atoms with E-state index in [-0.39, 0.29) is 145 Å². The SMILES string of the molecule is CC/C=C\C/C=C\C/C=C\C/C=C\C/C=C\CCCC(=O)Cl.CC/C=C\C/C=C\C/C=C\C/C=C\C/C=C\CCCC(=O)OC(=O)[C@H](Oc1cccc(C(F)(F)F)c1)c1ccc(Cl)cc1.O=C(O)[C@H](Oc1cccc(C(F)(F)F)c1)c1ccc(Cl)cc1.O=CO[O-].[H-].[K+].[K+]. The number of hydrogen-bond acceptors (Lipinski definition) is 10. The zero-order valence-corrected chi connectivity index (χ0v) is 61.3. The van der Waals surface area contributed by atoms with E-state index in [0.717, 1.165) is 107 Å².